The van der Waals surface area contributed by atoms with Crippen molar-refractivity contribution < 1.29 is 14.2 Å². The van der Waals surface area contributed by atoms with Crippen LogP contribution in [0.3, 0.4) is 0 Å². The number of rotatable bonds is 1. The van der Waals surface area contributed by atoms with Crippen LogP contribution in [0, 0.1) is 11.3 Å². The van der Waals surface area contributed by atoms with Crippen LogP contribution in [0.2, 0.25) is 0 Å². The first-order valence-electron chi connectivity index (χ1n) is 5.85. The first-order valence-corrected chi connectivity index (χ1v) is 5.85. The predicted molar refractivity (Wildman–Crippen MR) is 63.8 cm³/mol. The van der Waals surface area contributed by atoms with Gasteiger partial charge in [-0.1, -0.05) is 0 Å². The maximum Gasteiger partial charge on any atom is 0.231 e. The molecule has 0 saturated carbocycles. The van der Waals surface area contributed by atoms with Crippen LogP contribution in [0.1, 0.15) is 17.2 Å². The average molecular weight is 246 g/mol. The van der Waals surface area contributed by atoms with E-state index in [1.54, 1.807) is 7.11 Å². The second-order valence-electron chi connectivity index (χ2n) is 4.48. The Labute approximate surface area is 105 Å². The van der Waals surface area contributed by atoms with Crippen LogP contribution in [-0.4, -0.2) is 32.4 Å². The van der Waals surface area contributed by atoms with E-state index in [0.29, 0.717) is 17.2 Å². The highest BCUT2D eigenvalue weighted by atomic mass is 16.7. The predicted octanol–water partition coefficient (Wildman–Crippen LogP) is 1.48. The molecule has 0 radical (unpaired) electrons. The first-order chi connectivity index (χ1) is 8.76. The van der Waals surface area contributed by atoms with E-state index in [-0.39, 0.29) is 12.8 Å². The molecule has 2 heterocycles. The Morgan fingerprint density at radius 1 is 1.50 bits per heavy atom. The van der Waals surface area contributed by atoms with Crippen molar-refractivity contribution in [2.45, 2.75) is 12.5 Å². The molecule has 0 saturated heterocycles. The zero-order chi connectivity index (χ0) is 12.7. The van der Waals surface area contributed by atoms with Crippen LogP contribution in [-0.2, 0) is 6.42 Å². The molecule has 0 amide bonds. The Bertz CT molecular complexity index is 536. The largest absolute Gasteiger partial charge is 0.492 e. The normalized spacial score (nSPS) is 21.3. The van der Waals surface area contributed by atoms with Gasteiger partial charge in [0.15, 0.2) is 11.5 Å². The standard InChI is InChI=1S/C13H14N2O3/c1-15-4-3-8-5-10-12(18-7-17-10)13(16-2)11(8)9(15)6-14/h5,9H,3-4,7H2,1-2H3. The molecule has 0 N–H and O–H groups in total. The maximum atomic E-state index is 9.36. The third kappa shape index (κ3) is 1.42. The Kier molecular flexibility index (Phi) is 2.53. The molecule has 0 bridgehead atoms. The van der Waals surface area contributed by atoms with E-state index in [1.165, 1.54) is 0 Å². The van der Waals surface area contributed by atoms with E-state index >= 15 is 0 Å². The lowest BCUT2D eigenvalue weighted by Crippen LogP contribution is -2.31. The number of fused-ring (bicyclic) bond motifs is 2. The fourth-order valence-electron chi connectivity index (χ4n) is 2.60. The van der Waals surface area contributed by atoms with Crippen LogP contribution in [0.4, 0.5) is 0 Å². The minimum absolute atomic E-state index is 0.210. The zero-order valence-electron chi connectivity index (χ0n) is 10.4. The summed E-state index contributed by atoms with van der Waals surface area (Å²) in [5.74, 6) is 1.97. The molecule has 1 unspecified atom stereocenters. The van der Waals surface area contributed by atoms with Crippen molar-refractivity contribution in [1.29, 1.82) is 5.26 Å². The molecule has 0 aromatic heterocycles. The Balaban J connectivity index is 2.23. The quantitative estimate of drug-likeness (QED) is 0.751. The smallest absolute Gasteiger partial charge is 0.231 e. The molecular weight excluding hydrogens is 232 g/mol. The van der Waals surface area contributed by atoms with Gasteiger partial charge in [0, 0.05) is 12.1 Å². The van der Waals surface area contributed by atoms with Gasteiger partial charge in [0.2, 0.25) is 12.5 Å². The lowest BCUT2D eigenvalue weighted by atomic mass is 9.92. The summed E-state index contributed by atoms with van der Waals surface area (Å²) in [6, 6.07) is 4.00. The summed E-state index contributed by atoms with van der Waals surface area (Å²) in [4.78, 5) is 2.02. The van der Waals surface area contributed by atoms with Crippen molar-refractivity contribution in [3.05, 3.63) is 17.2 Å². The molecule has 0 spiro atoms. The van der Waals surface area contributed by atoms with Crippen LogP contribution in [0.15, 0.2) is 6.07 Å². The molecule has 94 valence electrons. The number of ether oxygens (including phenoxy) is 3. The van der Waals surface area contributed by atoms with Gasteiger partial charge in [-0.05, 0) is 25.1 Å². The molecule has 5 nitrogen and oxygen atoms in total. The number of nitriles is 1. The molecule has 1 atom stereocenters. The van der Waals surface area contributed by atoms with E-state index in [2.05, 4.69) is 6.07 Å². The van der Waals surface area contributed by atoms with Crippen LogP contribution in [0.25, 0.3) is 0 Å². The second-order valence-corrected chi connectivity index (χ2v) is 4.48. The molecule has 3 rings (SSSR count). The molecule has 18 heavy (non-hydrogen) atoms. The molecule has 1 aromatic carbocycles. The summed E-state index contributed by atoms with van der Waals surface area (Å²) in [5, 5.41) is 9.36. The number of hydrogen-bond acceptors (Lipinski definition) is 5. The number of methoxy groups -OCH3 is 1. The van der Waals surface area contributed by atoms with Gasteiger partial charge in [-0.15, -0.1) is 0 Å². The number of benzene rings is 1. The van der Waals surface area contributed by atoms with Crippen molar-refractivity contribution in [1.82, 2.24) is 4.90 Å². The fourth-order valence-corrected chi connectivity index (χ4v) is 2.60. The third-order valence-electron chi connectivity index (χ3n) is 3.52. The van der Waals surface area contributed by atoms with Gasteiger partial charge in [0.05, 0.1) is 13.2 Å². The van der Waals surface area contributed by atoms with Crippen molar-refractivity contribution in [3.63, 3.8) is 0 Å². The number of likely N-dealkylation sites (N-methyl/N-ethyl adjacent to an activating group) is 1. The molecule has 0 fully saturated rings. The molecular formula is C13H14N2O3. The molecule has 2 aliphatic heterocycles. The minimum atomic E-state index is -0.293. The lowest BCUT2D eigenvalue weighted by molar-refractivity contribution is 0.171. The summed E-state index contributed by atoms with van der Waals surface area (Å²) in [6.45, 7) is 1.07. The van der Waals surface area contributed by atoms with Crippen molar-refractivity contribution in [2.75, 3.05) is 27.5 Å². The van der Waals surface area contributed by atoms with Gasteiger partial charge in [-0.3, -0.25) is 4.90 Å². The highest BCUT2D eigenvalue weighted by molar-refractivity contribution is 5.62. The average Bonchev–Trinajstić information content (AvgIpc) is 2.84. The minimum Gasteiger partial charge on any atom is -0.492 e. The monoisotopic (exact) mass is 246 g/mol. The van der Waals surface area contributed by atoms with Crippen LogP contribution in [0.5, 0.6) is 17.2 Å². The Hall–Kier alpha value is -1.93. The van der Waals surface area contributed by atoms with Gasteiger partial charge in [-0.2, -0.15) is 5.26 Å². The van der Waals surface area contributed by atoms with Gasteiger partial charge in [0.25, 0.3) is 0 Å². The first kappa shape index (κ1) is 11.2. The van der Waals surface area contributed by atoms with E-state index in [4.69, 9.17) is 14.2 Å². The summed E-state index contributed by atoms with van der Waals surface area (Å²) in [6.07, 6.45) is 0.886. The van der Waals surface area contributed by atoms with Crippen molar-refractivity contribution in [2.24, 2.45) is 0 Å². The van der Waals surface area contributed by atoms with Gasteiger partial charge >= 0.3 is 0 Å². The molecule has 5 heteroatoms. The summed E-state index contributed by atoms with van der Waals surface area (Å²) in [7, 11) is 3.54. The highest BCUT2D eigenvalue weighted by Crippen LogP contribution is 2.49. The van der Waals surface area contributed by atoms with Gasteiger partial charge < -0.3 is 14.2 Å². The van der Waals surface area contributed by atoms with E-state index in [1.807, 2.05) is 18.0 Å². The van der Waals surface area contributed by atoms with E-state index < -0.39 is 0 Å². The number of hydrogen-bond donors (Lipinski definition) is 0. The molecule has 2 aliphatic rings. The SMILES string of the molecule is COc1c2c(cc3c1C(C#N)N(C)CC3)OCO2. The fraction of sp³-hybridized carbons (Fsp3) is 0.462. The lowest BCUT2D eigenvalue weighted by Gasteiger charge is -2.31. The summed E-state index contributed by atoms with van der Waals surface area (Å²) < 4.78 is 16.3. The van der Waals surface area contributed by atoms with Crippen LogP contribution < -0.4 is 14.2 Å². The zero-order valence-corrected chi connectivity index (χ0v) is 10.4. The van der Waals surface area contributed by atoms with Gasteiger partial charge in [0.1, 0.15) is 6.04 Å². The van der Waals surface area contributed by atoms with Crippen molar-refractivity contribution in [3.8, 4) is 23.3 Å². The summed E-state index contributed by atoms with van der Waals surface area (Å²) >= 11 is 0. The van der Waals surface area contributed by atoms with E-state index in [9.17, 15) is 5.26 Å². The Morgan fingerprint density at radius 2 is 2.33 bits per heavy atom. The second kappa shape index (κ2) is 4.07. The van der Waals surface area contributed by atoms with Gasteiger partial charge in [-0.25, -0.2) is 0 Å². The molecule has 0 aliphatic carbocycles. The number of nitrogens with zero attached hydrogens (tertiary/aromatic N) is 2. The maximum absolute atomic E-state index is 9.36. The summed E-state index contributed by atoms with van der Waals surface area (Å²) in [5.41, 5.74) is 2.03. The van der Waals surface area contributed by atoms with Crippen LogP contribution >= 0.6 is 0 Å². The van der Waals surface area contributed by atoms with Crippen molar-refractivity contribution >= 4 is 0 Å². The topological polar surface area (TPSA) is 54.7 Å². The van der Waals surface area contributed by atoms with E-state index in [0.717, 1.165) is 24.1 Å². The third-order valence-corrected chi connectivity index (χ3v) is 3.52. The molecule has 1 aromatic rings. The highest BCUT2D eigenvalue weighted by Gasteiger charge is 2.33. The Morgan fingerprint density at radius 3 is 3.06 bits per heavy atom.